The van der Waals surface area contributed by atoms with Crippen LogP contribution in [0.2, 0.25) is 5.02 Å². The number of carbonyl (C=O) groups is 1. The zero-order chi connectivity index (χ0) is 31.9. The van der Waals surface area contributed by atoms with Crippen molar-refractivity contribution in [1.82, 2.24) is 14.5 Å². The number of amides is 1. The average molecular weight is 631 g/mol. The molecule has 1 amide bonds. The van der Waals surface area contributed by atoms with Crippen LogP contribution in [0.4, 0.5) is 4.39 Å². The number of halogens is 2. The molecule has 11 heteroatoms. The maximum atomic E-state index is 16.9. The number of hydrogen-bond donors (Lipinski definition) is 2. The van der Waals surface area contributed by atoms with Crippen LogP contribution in [-0.4, -0.2) is 49.9 Å². The predicted octanol–water partition coefficient (Wildman–Crippen LogP) is 4.89. The molecule has 0 radical (unpaired) electrons. The van der Waals surface area contributed by atoms with Gasteiger partial charge in [0.05, 0.1) is 54.1 Å². The minimum Gasteiger partial charge on any atom is -0.392 e. The van der Waals surface area contributed by atoms with Gasteiger partial charge in [-0.2, -0.15) is 5.26 Å². The van der Waals surface area contributed by atoms with Crippen molar-refractivity contribution in [3.8, 4) is 6.07 Å². The number of nitrogens with zero attached hydrogens (tertiary/aromatic N) is 4. The Labute approximate surface area is 265 Å². The van der Waals surface area contributed by atoms with Gasteiger partial charge in [-0.3, -0.25) is 9.69 Å². The van der Waals surface area contributed by atoms with Crippen LogP contribution in [0.1, 0.15) is 69.2 Å². The second kappa shape index (κ2) is 12.0. The van der Waals surface area contributed by atoms with E-state index in [1.54, 1.807) is 73.5 Å². The van der Waals surface area contributed by atoms with E-state index in [-0.39, 0.29) is 42.9 Å². The molecule has 232 valence electrons. The highest BCUT2D eigenvalue weighted by molar-refractivity contribution is 6.30. The molecule has 1 saturated heterocycles. The molecule has 1 fully saturated rings. The van der Waals surface area contributed by atoms with E-state index in [4.69, 9.17) is 21.1 Å². The van der Waals surface area contributed by atoms with Crippen LogP contribution < -0.4 is 0 Å². The number of imidazole rings is 1. The molecule has 0 saturated carbocycles. The lowest BCUT2D eigenvalue weighted by atomic mass is 9.84. The Morgan fingerprint density at radius 2 is 2.00 bits per heavy atom. The van der Waals surface area contributed by atoms with Crippen molar-refractivity contribution in [2.45, 2.75) is 50.3 Å². The highest BCUT2D eigenvalue weighted by atomic mass is 35.5. The molecular formula is C34H32ClFN4O5. The summed E-state index contributed by atoms with van der Waals surface area (Å²) in [5.74, 6) is -1.27. The van der Waals surface area contributed by atoms with Crippen molar-refractivity contribution in [3.63, 3.8) is 0 Å². The maximum Gasteiger partial charge on any atom is 0.257 e. The number of aromatic nitrogens is 2. The first kappa shape index (κ1) is 30.9. The zero-order valence-electron chi connectivity index (χ0n) is 24.8. The van der Waals surface area contributed by atoms with Gasteiger partial charge in [-0.15, -0.1) is 0 Å². The highest BCUT2D eigenvalue weighted by Gasteiger charge is 2.56. The molecule has 6 rings (SSSR count). The van der Waals surface area contributed by atoms with E-state index in [1.165, 1.54) is 17.0 Å². The molecule has 0 bridgehead atoms. The van der Waals surface area contributed by atoms with Crippen LogP contribution in [0.5, 0.6) is 0 Å². The van der Waals surface area contributed by atoms with Gasteiger partial charge in [0.2, 0.25) is 5.72 Å². The zero-order valence-corrected chi connectivity index (χ0v) is 25.6. The molecule has 0 aliphatic carbocycles. The first-order valence-electron chi connectivity index (χ1n) is 14.7. The Morgan fingerprint density at radius 3 is 2.62 bits per heavy atom. The monoisotopic (exact) mass is 630 g/mol. The molecule has 3 heterocycles. The number of ether oxygens (including phenoxy) is 2. The predicted molar refractivity (Wildman–Crippen MR) is 162 cm³/mol. The quantitative estimate of drug-likeness (QED) is 0.270. The molecule has 1 unspecified atom stereocenters. The summed E-state index contributed by atoms with van der Waals surface area (Å²) in [6.07, 6.45) is 3.43. The van der Waals surface area contributed by atoms with Crippen molar-refractivity contribution >= 4 is 17.5 Å². The van der Waals surface area contributed by atoms with Crippen LogP contribution in [0.15, 0.2) is 67.1 Å². The second-order valence-electron chi connectivity index (χ2n) is 11.4. The van der Waals surface area contributed by atoms with Crippen LogP contribution in [-0.2, 0) is 41.0 Å². The molecule has 0 spiro atoms. The fourth-order valence-corrected chi connectivity index (χ4v) is 6.43. The second-order valence-corrected chi connectivity index (χ2v) is 11.9. The van der Waals surface area contributed by atoms with Crippen LogP contribution in [0.25, 0.3) is 0 Å². The number of aryl methyl sites for hydroxylation is 1. The maximum absolute atomic E-state index is 16.9. The molecule has 9 nitrogen and oxygen atoms in total. The van der Waals surface area contributed by atoms with E-state index in [0.717, 1.165) is 0 Å². The molecule has 2 aliphatic heterocycles. The summed E-state index contributed by atoms with van der Waals surface area (Å²) < 4.78 is 31.0. The third-order valence-corrected chi connectivity index (χ3v) is 8.95. The third-order valence-electron chi connectivity index (χ3n) is 8.70. The van der Waals surface area contributed by atoms with Crippen molar-refractivity contribution in [1.29, 1.82) is 5.26 Å². The number of rotatable bonds is 9. The van der Waals surface area contributed by atoms with E-state index in [1.807, 2.05) is 0 Å². The number of fused-ring (bicyclic) bond motifs is 1. The Hall–Kier alpha value is -4.11. The van der Waals surface area contributed by atoms with E-state index < -0.39 is 29.2 Å². The number of aliphatic hydroxyl groups excluding tert-OH is 1. The molecule has 3 atom stereocenters. The Balaban J connectivity index is 1.60. The third kappa shape index (κ3) is 5.21. The van der Waals surface area contributed by atoms with Gasteiger partial charge in [0.25, 0.3) is 5.91 Å². The summed E-state index contributed by atoms with van der Waals surface area (Å²) in [4.78, 5) is 20.4. The lowest BCUT2D eigenvalue weighted by molar-refractivity contribution is -0.148. The van der Waals surface area contributed by atoms with E-state index in [0.29, 0.717) is 46.0 Å². The van der Waals surface area contributed by atoms with Gasteiger partial charge in [0.1, 0.15) is 11.4 Å². The summed E-state index contributed by atoms with van der Waals surface area (Å²) in [5, 5.41) is 31.9. The highest BCUT2D eigenvalue weighted by Crippen LogP contribution is 2.50. The van der Waals surface area contributed by atoms with Crippen molar-refractivity contribution in [2.24, 2.45) is 7.05 Å². The molecule has 45 heavy (non-hydrogen) atoms. The molecule has 2 aliphatic rings. The smallest absolute Gasteiger partial charge is 0.257 e. The average Bonchev–Trinajstić information content (AvgIpc) is 3.78. The minimum atomic E-state index is -1.76. The van der Waals surface area contributed by atoms with E-state index in [9.17, 15) is 20.3 Å². The van der Waals surface area contributed by atoms with Gasteiger partial charge >= 0.3 is 0 Å². The van der Waals surface area contributed by atoms with Crippen LogP contribution >= 0.6 is 11.6 Å². The Bertz CT molecular complexity index is 1800. The lowest BCUT2D eigenvalue weighted by Gasteiger charge is -2.41. The summed E-state index contributed by atoms with van der Waals surface area (Å²) in [5.41, 5.74) is -1.08. The Kier molecular flexibility index (Phi) is 8.24. The molecule has 3 aromatic carbocycles. The van der Waals surface area contributed by atoms with Gasteiger partial charge < -0.3 is 24.3 Å². The van der Waals surface area contributed by atoms with Crippen molar-refractivity contribution in [2.75, 3.05) is 13.2 Å². The minimum absolute atomic E-state index is 0.00383. The molecule has 2 N–H and O–H groups in total. The number of carbonyl (C=O) groups excluding carboxylic acids is 1. The lowest BCUT2D eigenvalue weighted by Crippen LogP contribution is -2.49. The van der Waals surface area contributed by atoms with E-state index >= 15 is 4.39 Å². The van der Waals surface area contributed by atoms with Crippen LogP contribution in [0, 0.1) is 17.1 Å². The van der Waals surface area contributed by atoms with Crippen LogP contribution in [0.3, 0.4) is 0 Å². The van der Waals surface area contributed by atoms with Gasteiger partial charge in [0.15, 0.2) is 0 Å². The molecular weight excluding hydrogens is 599 g/mol. The topological polar surface area (TPSA) is 121 Å². The SMILES string of the molecule is CCC(O)(c1cc(F)c2c(c1)C(=O)N(Cc1ccc(C#N)cc1CO)[C@@]2(O[C@H]1CCOC1)c1ccc(Cl)cc1)c1cn(C)cn1. The van der Waals surface area contributed by atoms with Gasteiger partial charge in [-0.1, -0.05) is 36.7 Å². The Morgan fingerprint density at radius 1 is 1.22 bits per heavy atom. The first-order chi connectivity index (χ1) is 21.6. The van der Waals surface area contributed by atoms with Gasteiger partial charge in [-0.25, -0.2) is 9.37 Å². The summed E-state index contributed by atoms with van der Waals surface area (Å²) in [6.45, 7) is 1.99. The van der Waals surface area contributed by atoms with Crippen molar-refractivity contribution in [3.05, 3.63) is 123 Å². The number of benzene rings is 3. The fraction of sp³-hybridized carbons (Fsp3) is 0.324. The fourth-order valence-electron chi connectivity index (χ4n) is 6.31. The van der Waals surface area contributed by atoms with Gasteiger partial charge in [-0.05, 0) is 65.9 Å². The summed E-state index contributed by atoms with van der Waals surface area (Å²) in [6, 6.07) is 16.4. The number of aliphatic hydroxyl groups is 2. The summed E-state index contributed by atoms with van der Waals surface area (Å²) in [7, 11) is 1.77. The van der Waals surface area contributed by atoms with Crippen molar-refractivity contribution < 1.29 is 28.9 Å². The van der Waals surface area contributed by atoms with Gasteiger partial charge in [0, 0.05) is 37.0 Å². The number of nitriles is 1. The summed E-state index contributed by atoms with van der Waals surface area (Å²) >= 11 is 6.27. The standard InChI is InChI=1S/C34H32ClFN4O5/c1-3-33(43,30-17-39(2)20-38-30)25-13-28-31(29(36)14-25)34(45-27-10-11-44-19-27,24-6-8-26(35)9-7-24)40(32(28)42)16-22-5-4-21(15-37)12-23(22)18-41/h4-9,12-14,17,20,27,41,43H,3,10-11,16,18-19H2,1-2H3/t27-,33?,34+/m0/s1. The normalized spacial score (nSPS) is 20.7. The number of hydrogen-bond acceptors (Lipinski definition) is 7. The first-order valence-corrected chi connectivity index (χ1v) is 15.0. The largest absolute Gasteiger partial charge is 0.392 e. The molecule has 4 aromatic rings. The van der Waals surface area contributed by atoms with E-state index in [2.05, 4.69) is 11.1 Å². The molecule has 1 aromatic heterocycles.